The molecule has 27 heavy (non-hydrogen) atoms. The predicted octanol–water partition coefficient (Wildman–Crippen LogP) is 1.75. The first-order valence-electron chi connectivity index (χ1n) is 8.13. The Balaban J connectivity index is 0.00000364. The lowest BCUT2D eigenvalue weighted by molar-refractivity contribution is -0.117. The van der Waals surface area contributed by atoms with Gasteiger partial charge in [-0.25, -0.2) is 0 Å². The molecule has 1 heterocycles. The van der Waals surface area contributed by atoms with E-state index in [1.807, 2.05) is 12.1 Å². The van der Waals surface area contributed by atoms with Crippen LogP contribution in [0.25, 0.3) is 0 Å². The minimum absolute atomic E-state index is 0. The van der Waals surface area contributed by atoms with E-state index >= 15 is 0 Å². The van der Waals surface area contributed by atoms with Crippen molar-refractivity contribution >= 4 is 53.1 Å². The Kier molecular flexibility index (Phi) is 9.79. The van der Waals surface area contributed by atoms with Gasteiger partial charge in [-0.15, -0.1) is 35.3 Å². The smallest absolute Gasteiger partial charge is 0.251 e. The van der Waals surface area contributed by atoms with E-state index < -0.39 is 5.91 Å². The van der Waals surface area contributed by atoms with Gasteiger partial charge in [0.2, 0.25) is 5.91 Å². The van der Waals surface area contributed by atoms with Crippen LogP contribution in [-0.2, 0) is 17.9 Å². The monoisotopic (exact) mass is 501 g/mol. The van der Waals surface area contributed by atoms with Crippen LogP contribution in [0.1, 0.15) is 25.7 Å². The Morgan fingerprint density at radius 3 is 2.26 bits per heavy atom. The number of nitrogens with one attached hydrogen (secondary N) is 3. The van der Waals surface area contributed by atoms with Crippen molar-refractivity contribution in [2.75, 3.05) is 13.6 Å². The zero-order valence-electron chi connectivity index (χ0n) is 15.2. The lowest BCUT2D eigenvalue weighted by Gasteiger charge is -2.11. The fourth-order valence-corrected chi connectivity index (χ4v) is 3.03. The maximum absolute atomic E-state index is 11.8. The second-order valence-corrected chi connectivity index (χ2v) is 7.01. The van der Waals surface area contributed by atoms with E-state index in [0.29, 0.717) is 18.1 Å². The van der Waals surface area contributed by atoms with Crippen LogP contribution >= 0.6 is 35.3 Å². The van der Waals surface area contributed by atoms with Gasteiger partial charge in [0.1, 0.15) is 0 Å². The topological polar surface area (TPSA) is 109 Å². The SMILES string of the molecule is CN=C(NCc1ccc(C(=O)NCC(N)=O)cc1)NCc1ccc(C)s1.I. The molecule has 0 saturated heterocycles. The standard InChI is InChI=1S/C18H23N5O2S.HI/c1-12-3-8-15(26-12)10-23-18(20-2)22-9-13-4-6-14(7-5-13)17(25)21-11-16(19)24;/h3-8H,9-11H2,1-2H3,(H2,19,24)(H,21,25)(H2,20,22,23);1H. The molecule has 0 bridgehead atoms. The number of nitrogens with zero attached hydrogens (tertiary/aromatic N) is 1. The Hall–Kier alpha value is -2.14. The summed E-state index contributed by atoms with van der Waals surface area (Å²) in [6.07, 6.45) is 0. The van der Waals surface area contributed by atoms with E-state index in [-0.39, 0.29) is 36.4 Å². The molecule has 0 aliphatic heterocycles. The molecule has 9 heteroatoms. The molecule has 0 spiro atoms. The van der Waals surface area contributed by atoms with Crippen LogP contribution in [0.3, 0.4) is 0 Å². The quantitative estimate of drug-likeness (QED) is 0.264. The molecule has 0 atom stereocenters. The van der Waals surface area contributed by atoms with Gasteiger partial charge in [-0.3, -0.25) is 14.6 Å². The summed E-state index contributed by atoms with van der Waals surface area (Å²) in [7, 11) is 1.72. The number of amides is 2. The van der Waals surface area contributed by atoms with Gasteiger partial charge in [0.15, 0.2) is 5.96 Å². The van der Waals surface area contributed by atoms with Crippen molar-refractivity contribution in [2.24, 2.45) is 10.7 Å². The molecule has 2 amide bonds. The molecule has 146 valence electrons. The van der Waals surface area contributed by atoms with Crippen molar-refractivity contribution in [1.29, 1.82) is 0 Å². The van der Waals surface area contributed by atoms with Crippen LogP contribution in [0.4, 0.5) is 0 Å². The van der Waals surface area contributed by atoms with Crippen molar-refractivity contribution in [2.45, 2.75) is 20.0 Å². The molecular weight excluding hydrogens is 477 g/mol. The highest BCUT2D eigenvalue weighted by Gasteiger charge is 2.06. The third-order valence-electron chi connectivity index (χ3n) is 3.55. The number of guanidine groups is 1. The van der Waals surface area contributed by atoms with Crippen LogP contribution in [0.2, 0.25) is 0 Å². The number of aliphatic imine (C=N–C) groups is 1. The molecule has 1 aromatic carbocycles. The number of carbonyl (C=O) groups is 2. The van der Waals surface area contributed by atoms with Gasteiger partial charge in [0.05, 0.1) is 13.1 Å². The average molecular weight is 501 g/mol. The maximum Gasteiger partial charge on any atom is 0.251 e. The summed E-state index contributed by atoms with van der Waals surface area (Å²) in [6, 6.07) is 11.3. The highest BCUT2D eigenvalue weighted by molar-refractivity contribution is 14.0. The molecule has 2 rings (SSSR count). The van der Waals surface area contributed by atoms with E-state index in [1.54, 1.807) is 30.5 Å². The average Bonchev–Trinajstić information content (AvgIpc) is 3.05. The van der Waals surface area contributed by atoms with Crippen molar-refractivity contribution in [3.8, 4) is 0 Å². The second-order valence-electron chi connectivity index (χ2n) is 5.64. The van der Waals surface area contributed by atoms with Gasteiger partial charge in [-0.1, -0.05) is 12.1 Å². The summed E-state index contributed by atoms with van der Waals surface area (Å²) in [5, 5.41) is 8.95. The van der Waals surface area contributed by atoms with Crippen LogP contribution in [0.5, 0.6) is 0 Å². The fourth-order valence-electron chi connectivity index (χ4n) is 2.20. The number of carbonyl (C=O) groups excluding carboxylic acids is 2. The zero-order chi connectivity index (χ0) is 18.9. The number of halogens is 1. The number of primary amides is 1. The van der Waals surface area contributed by atoms with Crippen LogP contribution in [0, 0.1) is 6.92 Å². The summed E-state index contributed by atoms with van der Waals surface area (Å²) >= 11 is 1.75. The largest absolute Gasteiger partial charge is 0.368 e. The number of nitrogens with two attached hydrogens (primary N) is 1. The third-order valence-corrected chi connectivity index (χ3v) is 4.55. The maximum atomic E-state index is 11.8. The van der Waals surface area contributed by atoms with Gasteiger partial charge >= 0.3 is 0 Å². The summed E-state index contributed by atoms with van der Waals surface area (Å²) in [5.41, 5.74) is 6.49. The van der Waals surface area contributed by atoms with Crippen LogP contribution < -0.4 is 21.7 Å². The highest BCUT2D eigenvalue weighted by Crippen LogP contribution is 2.14. The first-order chi connectivity index (χ1) is 12.5. The van der Waals surface area contributed by atoms with Crippen molar-refractivity contribution in [3.05, 3.63) is 57.3 Å². The molecule has 7 nitrogen and oxygen atoms in total. The summed E-state index contributed by atoms with van der Waals surface area (Å²) in [6.45, 7) is 3.20. The van der Waals surface area contributed by atoms with Crippen LogP contribution in [-0.4, -0.2) is 31.4 Å². The van der Waals surface area contributed by atoms with E-state index in [2.05, 4.69) is 40.0 Å². The molecule has 0 unspecified atom stereocenters. The Morgan fingerprint density at radius 2 is 1.70 bits per heavy atom. The third kappa shape index (κ3) is 7.95. The fraction of sp³-hybridized carbons (Fsp3) is 0.278. The number of hydrogen-bond donors (Lipinski definition) is 4. The van der Waals surface area contributed by atoms with Crippen LogP contribution in [0.15, 0.2) is 41.4 Å². The molecule has 0 saturated carbocycles. The summed E-state index contributed by atoms with van der Waals surface area (Å²) < 4.78 is 0. The predicted molar refractivity (Wildman–Crippen MR) is 119 cm³/mol. The number of benzene rings is 1. The van der Waals surface area contributed by atoms with E-state index in [4.69, 9.17) is 5.73 Å². The summed E-state index contributed by atoms with van der Waals surface area (Å²) in [4.78, 5) is 29.3. The highest BCUT2D eigenvalue weighted by atomic mass is 127. The molecule has 5 N–H and O–H groups in total. The van der Waals surface area contributed by atoms with Gasteiger partial charge in [0.25, 0.3) is 5.91 Å². The molecule has 0 aliphatic carbocycles. The van der Waals surface area contributed by atoms with Gasteiger partial charge < -0.3 is 21.7 Å². The Morgan fingerprint density at radius 1 is 1.04 bits per heavy atom. The summed E-state index contributed by atoms with van der Waals surface area (Å²) in [5.74, 6) is -0.192. The molecule has 0 fully saturated rings. The number of hydrogen-bond acceptors (Lipinski definition) is 4. The second kappa shape index (κ2) is 11.5. The lowest BCUT2D eigenvalue weighted by Crippen LogP contribution is -2.36. The molecular formula is C18H24IN5O2S. The lowest BCUT2D eigenvalue weighted by atomic mass is 10.1. The normalized spacial score (nSPS) is 10.7. The van der Waals surface area contributed by atoms with Gasteiger partial charge in [0, 0.05) is 28.9 Å². The van der Waals surface area contributed by atoms with Gasteiger partial charge in [-0.05, 0) is 36.8 Å². The Labute approximate surface area is 179 Å². The van der Waals surface area contributed by atoms with Crippen molar-refractivity contribution in [3.63, 3.8) is 0 Å². The minimum Gasteiger partial charge on any atom is -0.368 e. The number of thiophene rings is 1. The number of aryl methyl sites for hydroxylation is 1. The van der Waals surface area contributed by atoms with Gasteiger partial charge in [-0.2, -0.15) is 0 Å². The Bertz CT molecular complexity index is 789. The first-order valence-corrected chi connectivity index (χ1v) is 8.95. The number of rotatable bonds is 7. The van der Waals surface area contributed by atoms with E-state index in [0.717, 1.165) is 12.1 Å². The molecule has 2 aromatic rings. The molecule has 0 radical (unpaired) electrons. The first kappa shape index (κ1) is 22.9. The molecule has 0 aliphatic rings. The zero-order valence-corrected chi connectivity index (χ0v) is 18.4. The minimum atomic E-state index is -0.573. The van der Waals surface area contributed by atoms with E-state index in [1.165, 1.54) is 9.75 Å². The van der Waals surface area contributed by atoms with Crippen molar-refractivity contribution < 1.29 is 9.59 Å². The molecule has 1 aromatic heterocycles. The van der Waals surface area contributed by atoms with Crippen molar-refractivity contribution in [1.82, 2.24) is 16.0 Å². The van der Waals surface area contributed by atoms with E-state index in [9.17, 15) is 9.59 Å².